The van der Waals surface area contributed by atoms with E-state index in [1.54, 1.807) is 24.3 Å². The molecule has 0 aliphatic carbocycles. The second-order valence-corrected chi connectivity index (χ2v) is 7.31. The Morgan fingerprint density at radius 1 is 1.06 bits per heavy atom. The number of amides is 2. The minimum absolute atomic E-state index is 0. The lowest BCUT2D eigenvalue weighted by Crippen LogP contribution is -2.54. The Hall–Kier alpha value is -3.10. The van der Waals surface area contributed by atoms with Crippen molar-refractivity contribution in [3.63, 3.8) is 0 Å². The first kappa shape index (κ1) is 25.9. The molecule has 0 saturated heterocycles. The maximum atomic E-state index is 12.7. The van der Waals surface area contributed by atoms with E-state index in [1.807, 2.05) is 44.2 Å². The first-order chi connectivity index (χ1) is 14.3. The largest absolute Gasteiger partial charge is 0.394 e. The number of benzene rings is 2. The van der Waals surface area contributed by atoms with E-state index in [1.165, 1.54) is 0 Å². The van der Waals surface area contributed by atoms with E-state index in [4.69, 9.17) is 11.1 Å². The van der Waals surface area contributed by atoms with Crippen LogP contribution in [0.15, 0.2) is 54.6 Å². The number of halogens is 1. The Morgan fingerprint density at radius 3 is 2.32 bits per heavy atom. The van der Waals surface area contributed by atoms with Crippen LogP contribution >= 0.6 is 12.4 Å². The number of rotatable bonds is 10. The van der Waals surface area contributed by atoms with Crippen molar-refractivity contribution >= 4 is 35.7 Å². The summed E-state index contributed by atoms with van der Waals surface area (Å²) in [5, 5.41) is 25.7. The summed E-state index contributed by atoms with van der Waals surface area (Å²) in [4.78, 5) is 25.3. The number of hydrogen-bond acceptors (Lipinski definition) is 5. The summed E-state index contributed by atoms with van der Waals surface area (Å²) >= 11 is 0. The highest BCUT2D eigenvalue weighted by Gasteiger charge is 2.27. The average molecular weight is 448 g/mol. The Balaban J connectivity index is 0.00000480. The number of carbonyl (C=O) groups is 2. The number of anilines is 1. The van der Waals surface area contributed by atoms with Crippen molar-refractivity contribution in [2.75, 3.05) is 11.9 Å². The minimum atomic E-state index is -0.963. The molecule has 2 aromatic rings. The normalized spacial score (nSPS) is 12.3. The quantitative estimate of drug-likeness (QED) is 0.242. The first-order valence-corrected chi connectivity index (χ1v) is 9.75. The van der Waals surface area contributed by atoms with Gasteiger partial charge in [-0.2, -0.15) is 0 Å². The zero-order chi connectivity index (χ0) is 22.1. The summed E-state index contributed by atoms with van der Waals surface area (Å²) in [5.74, 6) is -1.04. The van der Waals surface area contributed by atoms with Gasteiger partial charge in [0.25, 0.3) is 0 Å². The van der Waals surface area contributed by atoms with Gasteiger partial charge in [-0.05, 0) is 23.6 Å². The number of nitrogen functional groups attached to an aromatic ring is 1. The first-order valence-electron chi connectivity index (χ1n) is 9.75. The van der Waals surface area contributed by atoms with Gasteiger partial charge in [0.15, 0.2) is 0 Å². The van der Waals surface area contributed by atoms with Crippen LogP contribution < -0.4 is 21.7 Å². The lowest BCUT2D eigenvalue weighted by Gasteiger charge is -2.25. The van der Waals surface area contributed by atoms with Gasteiger partial charge in [-0.15, -0.1) is 12.4 Å². The van der Waals surface area contributed by atoms with Crippen LogP contribution in [0.25, 0.3) is 0 Å². The summed E-state index contributed by atoms with van der Waals surface area (Å²) in [5.41, 5.74) is 7.48. The van der Waals surface area contributed by atoms with Gasteiger partial charge in [0.05, 0.1) is 6.61 Å². The molecular formula is C22H30ClN5O3. The molecule has 9 heteroatoms. The highest BCUT2D eigenvalue weighted by Crippen LogP contribution is 2.12. The van der Waals surface area contributed by atoms with Crippen LogP contribution in [0.1, 0.15) is 25.0 Å². The molecule has 0 saturated carbocycles. The molecule has 0 radical (unpaired) electrons. The molecule has 2 atom stereocenters. The van der Waals surface area contributed by atoms with Crippen LogP contribution in [0.4, 0.5) is 5.69 Å². The predicted octanol–water partition coefficient (Wildman–Crippen LogP) is 1.62. The lowest BCUT2D eigenvalue weighted by atomic mass is 10.0. The van der Waals surface area contributed by atoms with Gasteiger partial charge in [0.1, 0.15) is 17.9 Å². The van der Waals surface area contributed by atoms with E-state index in [-0.39, 0.29) is 30.1 Å². The summed E-state index contributed by atoms with van der Waals surface area (Å²) in [6.07, 6.45) is 0. The van der Waals surface area contributed by atoms with Crippen molar-refractivity contribution in [2.24, 2.45) is 11.7 Å². The molecule has 0 bridgehead atoms. The Bertz CT molecular complexity index is 876. The number of aliphatic hydroxyl groups excluding tert-OH is 1. The molecule has 0 heterocycles. The highest BCUT2D eigenvalue weighted by atomic mass is 35.5. The molecule has 2 amide bonds. The van der Waals surface area contributed by atoms with Gasteiger partial charge in [0, 0.05) is 17.8 Å². The van der Waals surface area contributed by atoms with E-state index in [0.29, 0.717) is 17.8 Å². The van der Waals surface area contributed by atoms with Crippen LogP contribution in [-0.4, -0.2) is 41.4 Å². The van der Waals surface area contributed by atoms with Gasteiger partial charge in [-0.1, -0.05) is 56.3 Å². The molecule has 7 N–H and O–H groups in total. The SMILES string of the molecule is CC(C)C(NC(=O)C(CO)Nc1cccc(C(=N)N)c1)C(=O)NCc1ccccc1.Cl. The van der Waals surface area contributed by atoms with E-state index in [9.17, 15) is 14.7 Å². The van der Waals surface area contributed by atoms with Crippen LogP contribution in [0, 0.1) is 11.3 Å². The summed E-state index contributed by atoms with van der Waals surface area (Å²) in [7, 11) is 0. The summed E-state index contributed by atoms with van der Waals surface area (Å²) < 4.78 is 0. The Morgan fingerprint density at radius 2 is 1.74 bits per heavy atom. The maximum absolute atomic E-state index is 12.7. The summed E-state index contributed by atoms with van der Waals surface area (Å²) in [6.45, 7) is 3.57. The van der Waals surface area contributed by atoms with Gasteiger partial charge in [-0.3, -0.25) is 15.0 Å². The molecule has 2 rings (SSSR count). The van der Waals surface area contributed by atoms with Crippen molar-refractivity contribution in [1.29, 1.82) is 5.41 Å². The van der Waals surface area contributed by atoms with Crippen molar-refractivity contribution in [1.82, 2.24) is 10.6 Å². The molecule has 0 aromatic heterocycles. The second-order valence-electron chi connectivity index (χ2n) is 7.31. The third-order valence-corrected chi connectivity index (χ3v) is 4.57. The van der Waals surface area contributed by atoms with Gasteiger partial charge in [0.2, 0.25) is 11.8 Å². The van der Waals surface area contributed by atoms with Crippen LogP contribution in [0.2, 0.25) is 0 Å². The molecule has 0 aliphatic heterocycles. The lowest BCUT2D eigenvalue weighted by molar-refractivity contribution is -0.130. The second kappa shape index (κ2) is 12.6. The molecular weight excluding hydrogens is 418 g/mol. The smallest absolute Gasteiger partial charge is 0.245 e. The van der Waals surface area contributed by atoms with Crippen molar-refractivity contribution < 1.29 is 14.7 Å². The fourth-order valence-electron chi connectivity index (χ4n) is 2.86. The molecule has 0 fully saturated rings. The van der Waals surface area contributed by atoms with Crippen molar-refractivity contribution in [2.45, 2.75) is 32.5 Å². The molecule has 31 heavy (non-hydrogen) atoms. The fraction of sp³-hybridized carbons (Fsp3) is 0.318. The monoisotopic (exact) mass is 447 g/mol. The number of carbonyl (C=O) groups excluding carboxylic acids is 2. The average Bonchev–Trinajstić information content (AvgIpc) is 2.74. The summed E-state index contributed by atoms with van der Waals surface area (Å²) in [6, 6.07) is 14.5. The molecule has 2 unspecified atom stereocenters. The Kier molecular flexibility index (Phi) is 10.5. The predicted molar refractivity (Wildman–Crippen MR) is 124 cm³/mol. The number of aliphatic hydroxyl groups is 1. The van der Waals surface area contributed by atoms with Crippen molar-refractivity contribution in [3.8, 4) is 0 Å². The number of amidine groups is 1. The third-order valence-electron chi connectivity index (χ3n) is 4.57. The standard InChI is InChI=1S/C22H29N5O3.ClH/c1-14(2)19(22(30)25-12-15-7-4-3-5-8-15)27-21(29)18(13-28)26-17-10-6-9-16(11-17)20(23)24;/h3-11,14,18-19,26,28H,12-13H2,1-2H3,(H3,23,24)(H,25,30)(H,27,29);1H. The zero-order valence-corrected chi connectivity index (χ0v) is 18.4. The van der Waals surface area contributed by atoms with Crippen molar-refractivity contribution in [3.05, 3.63) is 65.7 Å². The van der Waals surface area contributed by atoms with Crippen LogP contribution in [-0.2, 0) is 16.1 Å². The van der Waals surface area contributed by atoms with E-state index < -0.39 is 24.6 Å². The topological polar surface area (TPSA) is 140 Å². The van der Waals surface area contributed by atoms with E-state index in [0.717, 1.165) is 5.56 Å². The van der Waals surface area contributed by atoms with Crippen LogP contribution in [0.3, 0.4) is 0 Å². The molecule has 8 nitrogen and oxygen atoms in total. The highest BCUT2D eigenvalue weighted by molar-refractivity contribution is 5.96. The van der Waals surface area contributed by atoms with Crippen LogP contribution in [0.5, 0.6) is 0 Å². The maximum Gasteiger partial charge on any atom is 0.245 e. The number of nitrogens with two attached hydrogens (primary N) is 1. The molecule has 168 valence electrons. The van der Waals surface area contributed by atoms with Gasteiger partial charge >= 0.3 is 0 Å². The Labute approximate surface area is 188 Å². The number of nitrogens with one attached hydrogen (secondary N) is 4. The fourth-order valence-corrected chi connectivity index (χ4v) is 2.86. The van der Waals surface area contributed by atoms with E-state index in [2.05, 4.69) is 16.0 Å². The molecule has 0 spiro atoms. The minimum Gasteiger partial charge on any atom is -0.394 e. The third kappa shape index (κ3) is 7.92. The number of hydrogen-bond donors (Lipinski definition) is 6. The zero-order valence-electron chi connectivity index (χ0n) is 17.6. The molecule has 2 aromatic carbocycles. The van der Waals surface area contributed by atoms with Gasteiger partial charge < -0.3 is 26.8 Å². The van der Waals surface area contributed by atoms with E-state index >= 15 is 0 Å². The van der Waals surface area contributed by atoms with Gasteiger partial charge in [-0.25, -0.2) is 0 Å². The molecule has 0 aliphatic rings.